The standard InChI is InChI=1S/C10H8N2O2/c13-8-3-1-7-2-4-9(14)12-6-5-11(8)10(7)12/h1-4H,5-6H2. The molecule has 4 nitrogen and oxygen atoms in total. The van der Waals surface area contributed by atoms with Crippen molar-refractivity contribution in [3.8, 4) is 0 Å². The lowest BCUT2D eigenvalue weighted by Crippen LogP contribution is -2.18. The van der Waals surface area contributed by atoms with Gasteiger partial charge in [-0.2, -0.15) is 0 Å². The molecular formula is C10H8N2O2. The van der Waals surface area contributed by atoms with Crippen molar-refractivity contribution in [3.05, 3.63) is 45.0 Å². The molecule has 4 heteroatoms. The molecule has 2 aromatic heterocycles. The van der Waals surface area contributed by atoms with E-state index in [2.05, 4.69) is 0 Å². The van der Waals surface area contributed by atoms with Gasteiger partial charge in [0.2, 0.25) is 0 Å². The zero-order chi connectivity index (χ0) is 9.71. The first-order chi connectivity index (χ1) is 6.77. The second-order valence-corrected chi connectivity index (χ2v) is 3.43. The van der Waals surface area contributed by atoms with Crippen molar-refractivity contribution in [1.82, 2.24) is 9.13 Å². The van der Waals surface area contributed by atoms with Gasteiger partial charge >= 0.3 is 0 Å². The summed E-state index contributed by atoms with van der Waals surface area (Å²) in [6.07, 6.45) is 0. The average Bonchev–Trinajstić information content (AvgIpc) is 2.62. The Bertz CT molecular complexity index is 584. The van der Waals surface area contributed by atoms with Gasteiger partial charge in [0.05, 0.1) is 0 Å². The Balaban J connectivity index is 2.68. The van der Waals surface area contributed by atoms with Crippen LogP contribution in [0.2, 0.25) is 0 Å². The molecule has 0 saturated carbocycles. The lowest BCUT2D eigenvalue weighted by atomic mass is 10.3. The Morgan fingerprint density at radius 2 is 1.36 bits per heavy atom. The summed E-state index contributed by atoms with van der Waals surface area (Å²) >= 11 is 0. The van der Waals surface area contributed by atoms with Crippen LogP contribution in [0.5, 0.6) is 0 Å². The first-order valence-corrected chi connectivity index (χ1v) is 4.51. The number of hydrogen-bond donors (Lipinski definition) is 0. The molecule has 3 heterocycles. The maximum Gasteiger partial charge on any atom is 0.252 e. The number of hydrogen-bond acceptors (Lipinski definition) is 2. The van der Waals surface area contributed by atoms with Gasteiger partial charge in [-0.1, -0.05) is 0 Å². The van der Waals surface area contributed by atoms with Gasteiger partial charge in [-0.15, -0.1) is 0 Å². The average molecular weight is 188 g/mol. The highest BCUT2D eigenvalue weighted by Gasteiger charge is 2.14. The zero-order valence-electron chi connectivity index (χ0n) is 7.43. The molecule has 0 fully saturated rings. The lowest BCUT2D eigenvalue weighted by molar-refractivity contribution is 0.661. The van der Waals surface area contributed by atoms with Crippen LogP contribution in [0.3, 0.4) is 0 Å². The van der Waals surface area contributed by atoms with Gasteiger partial charge in [0.25, 0.3) is 11.1 Å². The smallest absolute Gasteiger partial charge is 0.252 e. The first-order valence-electron chi connectivity index (χ1n) is 4.51. The van der Waals surface area contributed by atoms with E-state index in [9.17, 15) is 9.59 Å². The monoisotopic (exact) mass is 188 g/mol. The fraction of sp³-hybridized carbons (Fsp3) is 0.200. The molecule has 2 aromatic rings. The van der Waals surface area contributed by atoms with E-state index in [0.29, 0.717) is 13.1 Å². The molecule has 3 rings (SSSR count). The molecule has 0 amide bonds. The van der Waals surface area contributed by atoms with Crippen LogP contribution in [0.15, 0.2) is 33.9 Å². The highest BCUT2D eigenvalue weighted by Crippen LogP contribution is 2.13. The van der Waals surface area contributed by atoms with E-state index in [4.69, 9.17) is 0 Å². The molecule has 0 aromatic carbocycles. The minimum absolute atomic E-state index is 0.0330. The topological polar surface area (TPSA) is 44.0 Å². The number of rotatable bonds is 0. The number of aryl methyl sites for hydroxylation is 2. The second kappa shape index (κ2) is 2.35. The van der Waals surface area contributed by atoms with Crippen LogP contribution in [0.4, 0.5) is 0 Å². The highest BCUT2D eigenvalue weighted by molar-refractivity contribution is 5.75. The Kier molecular flexibility index (Phi) is 1.27. The summed E-state index contributed by atoms with van der Waals surface area (Å²) in [6.45, 7) is 1.21. The van der Waals surface area contributed by atoms with Crippen molar-refractivity contribution < 1.29 is 0 Å². The Hall–Kier alpha value is -1.84. The predicted molar refractivity (Wildman–Crippen MR) is 52.5 cm³/mol. The van der Waals surface area contributed by atoms with E-state index < -0.39 is 0 Å². The van der Waals surface area contributed by atoms with Gasteiger partial charge in [-0.25, -0.2) is 0 Å². The molecule has 0 spiro atoms. The van der Waals surface area contributed by atoms with Crippen molar-refractivity contribution in [2.45, 2.75) is 13.1 Å². The summed E-state index contributed by atoms with van der Waals surface area (Å²) < 4.78 is 3.30. The molecule has 0 unspecified atom stereocenters. The van der Waals surface area contributed by atoms with Gasteiger partial charge < -0.3 is 0 Å². The third kappa shape index (κ3) is 0.775. The van der Waals surface area contributed by atoms with Crippen LogP contribution in [0.1, 0.15) is 0 Å². The molecule has 1 aliphatic heterocycles. The normalized spacial score (nSPS) is 13.7. The van der Waals surface area contributed by atoms with E-state index in [1.807, 2.05) is 0 Å². The molecule has 70 valence electrons. The molecule has 0 bridgehead atoms. The van der Waals surface area contributed by atoms with Crippen molar-refractivity contribution in [1.29, 1.82) is 0 Å². The molecule has 0 radical (unpaired) electrons. The Morgan fingerprint density at radius 3 is 1.86 bits per heavy atom. The number of aromatic nitrogens is 2. The first kappa shape index (κ1) is 7.55. The summed E-state index contributed by atoms with van der Waals surface area (Å²) in [5, 5.41) is 0.946. The van der Waals surface area contributed by atoms with Gasteiger partial charge in [0.15, 0.2) is 0 Å². The molecule has 1 aliphatic rings. The quantitative estimate of drug-likeness (QED) is 0.591. The molecule has 0 atom stereocenters. The van der Waals surface area contributed by atoms with Gasteiger partial charge in [-0.3, -0.25) is 18.7 Å². The van der Waals surface area contributed by atoms with E-state index in [0.717, 1.165) is 11.0 Å². The molecule has 0 saturated heterocycles. The molecule has 0 N–H and O–H groups in total. The third-order valence-electron chi connectivity index (χ3n) is 2.66. The van der Waals surface area contributed by atoms with E-state index >= 15 is 0 Å². The highest BCUT2D eigenvalue weighted by atomic mass is 16.1. The predicted octanol–water partition coefficient (Wildman–Crippen LogP) is 0.177. The SMILES string of the molecule is O=c1ccc2ccc(=O)n3c2n1CC3. The second-order valence-electron chi connectivity index (χ2n) is 3.43. The summed E-state index contributed by atoms with van der Waals surface area (Å²) in [5.74, 6) is 0. The third-order valence-corrected chi connectivity index (χ3v) is 2.66. The maximum absolute atomic E-state index is 11.5. The molecule has 0 aliphatic carbocycles. The van der Waals surface area contributed by atoms with E-state index in [1.54, 1.807) is 33.4 Å². The van der Waals surface area contributed by atoms with E-state index in [1.165, 1.54) is 0 Å². The largest absolute Gasteiger partial charge is 0.292 e. The van der Waals surface area contributed by atoms with Crippen LogP contribution in [-0.4, -0.2) is 9.13 Å². The fourth-order valence-corrected chi connectivity index (χ4v) is 2.01. The summed E-state index contributed by atoms with van der Waals surface area (Å²) in [7, 11) is 0. The van der Waals surface area contributed by atoms with Crippen molar-refractivity contribution in [3.63, 3.8) is 0 Å². The Labute approximate surface area is 79.0 Å². The lowest BCUT2D eigenvalue weighted by Gasteiger charge is -2.02. The van der Waals surface area contributed by atoms with Crippen LogP contribution in [0, 0.1) is 0 Å². The minimum Gasteiger partial charge on any atom is -0.292 e. The Morgan fingerprint density at radius 1 is 0.857 bits per heavy atom. The van der Waals surface area contributed by atoms with E-state index in [-0.39, 0.29) is 11.1 Å². The van der Waals surface area contributed by atoms with Gasteiger partial charge in [0, 0.05) is 30.6 Å². The maximum atomic E-state index is 11.5. The number of pyridine rings is 2. The zero-order valence-corrected chi connectivity index (χ0v) is 7.43. The summed E-state index contributed by atoms with van der Waals surface area (Å²) in [6, 6.07) is 6.61. The van der Waals surface area contributed by atoms with Crippen molar-refractivity contribution in [2.24, 2.45) is 0 Å². The molecule has 14 heavy (non-hydrogen) atoms. The fourth-order valence-electron chi connectivity index (χ4n) is 2.01. The van der Waals surface area contributed by atoms with Crippen LogP contribution >= 0.6 is 0 Å². The van der Waals surface area contributed by atoms with Crippen LogP contribution in [-0.2, 0) is 13.1 Å². The van der Waals surface area contributed by atoms with Gasteiger partial charge in [0.1, 0.15) is 5.65 Å². The minimum atomic E-state index is -0.0330. The van der Waals surface area contributed by atoms with Crippen LogP contribution < -0.4 is 11.1 Å². The summed E-state index contributed by atoms with van der Waals surface area (Å²) in [4.78, 5) is 22.9. The van der Waals surface area contributed by atoms with Crippen LogP contribution in [0.25, 0.3) is 11.0 Å². The summed E-state index contributed by atoms with van der Waals surface area (Å²) in [5.41, 5.74) is 0.689. The van der Waals surface area contributed by atoms with Gasteiger partial charge in [-0.05, 0) is 12.1 Å². The number of nitrogens with zero attached hydrogens (tertiary/aromatic N) is 2. The molecular weight excluding hydrogens is 180 g/mol. The van der Waals surface area contributed by atoms with Crippen molar-refractivity contribution in [2.75, 3.05) is 0 Å². The van der Waals surface area contributed by atoms with Crippen molar-refractivity contribution >= 4 is 11.0 Å².